The fourth-order valence-electron chi connectivity index (χ4n) is 2.39. The Balaban J connectivity index is 2.32. The number of carbonyl (C=O) groups is 1. The average Bonchev–Trinajstić information content (AvgIpc) is 2.51. The normalized spacial score (nSPS) is 22.5. The predicted octanol–water partition coefficient (Wildman–Crippen LogP) is 3.40. The highest BCUT2D eigenvalue weighted by molar-refractivity contribution is 5.78. The van der Waals surface area contributed by atoms with Gasteiger partial charge in [0.25, 0.3) is 0 Å². The molecule has 0 saturated heterocycles. The van der Waals surface area contributed by atoms with E-state index in [-0.39, 0.29) is 22.7 Å². The van der Waals surface area contributed by atoms with Crippen LogP contribution in [-0.2, 0) is 9.53 Å². The number of unbranched alkanes of at least 4 members (excludes halogenated alkanes) is 2. The molecule has 2 nitrogen and oxygen atoms in total. The average molecular weight is 212 g/mol. The summed E-state index contributed by atoms with van der Waals surface area (Å²) in [5.41, 5.74) is 0.212. The Morgan fingerprint density at radius 1 is 1.13 bits per heavy atom. The molecule has 0 spiro atoms. The van der Waals surface area contributed by atoms with Crippen LogP contribution in [-0.4, -0.2) is 12.6 Å². The zero-order valence-corrected chi connectivity index (χ0v) is 10.7. The molecule has 0 aromatic carbocycles. The largest absolute Gasteiger partial charge is 0.465 e. The maximum absolute atomic E-state index is 11.8. The van der Waals surface area contributed by atoms with E-state index in [0.29, 0.717) is 6.61 Å². The number of esters is 1. The molecule has 0 amide bonds. The molecule has 15 heavy (non-hydrogen) atoms. The molecule has 2 heteroatoms. The summed E-state index contributed by atoms with van der Waals surface area (Å²) in [6.07, 6.45) is 3.30. The smallest absolute Gasteiger partial charge is 0.310 e. The summed E-state index contributed by atoms with van der Waals surface area (Å²) in [7, 11) is 0. The molecule has 0 aromatic heterocycles. The fraction of sp³-hybridized carbons (Fsp3) is 0.923. The highest BCUT2D eigenvalue weighted by Gasteiger charge is 2.69. The van der Waals surface area contributed by atoms with E-state index in [1.807, 2.05) is 0 Å². The Morgan fingerprint density at radius 3 is 2.07 bits per heavy atom. The van der Waals surface area contributed by atoms with E-state index in [1.54, 1.807) is 0 Å². The number of ether oxygens (including phenoxy) is 1. The maximum Gasteiger partial charge on any atom is 0.310 e. The zero-order valence-electron chi connectivity index (χ0n) is 10.7. The summed E-state index contributed by atoms with van der Waals surface area (Å²) < 4.78 is 5.30. The van der Waals surface area contributed by atoms with Crippen molar-refractivity contribution in [1.29, 1.82) is 0 Å². The number of hydrogen-bond donors (Lipinski definition) is 0. The van der Waals surface area contributed by atoms with Crippen LogP contribution in [0.3, 0.4) is 0 Å². The first-order valence-corrected chi connectivity index (χ1v) is 6.02. The lowest BCUT2D eigenvalue weighted by molar-refractivity contribution is -0.146. The maximum atomic E-state index is 11.8. The lowest BCUT2D eigenvalue weighted by atomic mass is 10.0. The van der Waals surface area contributed by atoms with E-state index in [0.717, 1.165) is 19.3 Å². The van der Waals surface area contributed by atoms with E-state index in [1.165, 1.54) is 0 Å². The second-order valence-electron chi connectivity index (χ2n) is 5.75. The molecular weight excluding hydrogens is 188 g/mol. The molecule has 0 aliphatic heterocycles. The molecule has 1 aliphatic rings. The quantitative estimate of drug-likeness (QED) is 0.515. The van der Waals surface area contributed by atoms with E-state index >= 15 is 0 Å². The van der Waals surface area contributed by atoms with Crippen LogP contribution < -0.4 is 0 Å². The topological polar surface area (TPSA) is 26.3 Å². The number of carbonyl (C=O) groups excluding carboxylic acids is 1. The molecule has 1 aliphatic carbocycles. The Hall–Kier alpha value is -0.530. The first-order valence-electron chi connectivity index (χ1n) is 6.02. The Labute approximate surface area is 93.4 Å². The summed E-state index contributed by atoms with van der Waals surface area (Å²) in [5.74, 6) is 0.0905. The van der Waals surface area contributed by atoms with Crippen LogP contribution in [0.1, 0.15) is 53.9 Å². The van der Waals surface area contributed by atoms with Crippen molar-refractivity contribution in [3.63, 3.8) is 0 Å². The van der Waals surface area contributed by atoms with Crippen molar-refractivity contribution < 1.29 is 9.53 Å². The van der Waals surface area contributed by atoms with Crippen molar-refractivity contribution in [2.24, 2.45) is 16.7 Å². The van der Waals surface area contributed by atoms with Crippen LogP contribution in [0.4, 0.5) is 0 Å². The van der Waals surface area contributed by atoms with E-state index in [4.69, 9.17) is 4.74 Å². The van der Waals surface area contributed by atoms with Crippen molar-refractivity contribution in [2.45, 2.75) is 53.9 Å². The van der Waals surface area contributed by atoms with E-state index < -0.39 is 0 Å². The van der Waals surface area contributed by atoms with Crippen LogP contribution in [0.2, 0.25) is 0 Å². The second-order valence-corrected chi connectivity index (χ2v) is 5.75. The second kappa shape index (κ2) is 4.15. The highest BCUT2D eigenvalue weighted by atomic mass is 16.5. The van der Waals surface area contributed by atoms with Crippen LogP contribution in [0.15, 0.2) is 0 Å². The molecule has 0 heterocycles. The third-order valence-electron chi connectivity index (χ3n) is 4.25. The fourth-order valence-corrected chi connectivity index (χ4v) is 2.39. The minimum atomic E-state index is 0.00102. The Bertz CT molecular complexity index is 227. The molecule has 88 valence electrons. The van der Waals surface area contributed by atoms with E-state index in [9.17, 15) is 4.79 Å². The van der Waals surface area contributed by atoms with Gasteiger partial charge < -0.3 is 4.74 Å². The predicted molar refractivity (Wildman–Crippen MR) is 61.5 cm³/mol. The van der Waals surface area contributed by atoms with E-state index in [2.05, 4.69) is 34.6 Å². The van der Waals surface area contributed by atoms with Gasteiger partial charge in [0.15, 0.2) is 0 Å². The molecular formula is C13H24O2. The molecule has 1 fully saturated rings. The molecule has 0 unspecified atom stereocenters. The van der Waals surface area contributed by atoms with Crippen LogP contribution in [0, 0.1) is 16.7 Å². The standard InChI is InChI=1S/C13H24O2/c1-6-7-8-9-15-11(14)10-12(2,3)13(10,4)5/h10H,6-9H2,1-5H3. The number of rotatable bonds is 5. The van der Waals surface area contributed by atoms with Gasteiger partial charge in [0.1, 0.15) is 0 Å². The lowest BCUT2D eigenvalue weighted by Gasteiger charge is -2.05. The molecule has 1 saturated carbocycles. The first kappa shape index (κ1) is 12.5. The van der Waals surface area contributed by atoms with Gasteiger partial charge in [0.2, 0.25) is 0 Å². The molecule has 0 bridgehead atoms. The summed E-state index contributed by atoms with van der Waals surface area (Å²) in [4.78, 5) is 11.8. The van der Waals surface area contributed by atoms with Gasteiger partial charge in [-0.2, -0.15) is 0 Å². The van der Waals surface area contributed by atoms with Crippen molar-refractivity contribution in [3.8, 4) is 0 Å². The minimum Gasteiger partial charge on any atom is -0.465 e. The van der Waals surface area contributed by atoms with Crippen LogP contribution in [0.5, 0.6) is 0 Å². The third kappa shape index (κ3) is 2.19. The number of hydrogen-bond acceptors (Lipinski definition) is 2. The van der Waals surface area contributed by atoms with Gasteiger partial charge in [0, 0.05) is 0 Å². The highest BCUT2D eigenvalue weighted by Crippen LogP contribution is 2.68. The Kier molecular flexibility index (Phi) is 3.47. The van der Waals surface area contributed by atoms with Gasteiger partial charge >= 0.3 is 5.97 Å². The van der Waals surface area contributed by atoms with Gasteiger partial charge in [-0.05, 0) is 17.3 Å². The minimum absolute atomic E-state index is 0.00102. The van der Waals surface area contributed by atoms with Gasteiger partial charge in [0.05, 0.1) is 12.5 Å². The van der Waals surface area contributed by atoms with Crippen LogP contribution >= 0.6 is 0 Å². The molecule has 1 rings (SSSR count). The van der Waals surface area contributed by atoms with Crippen molar-refractivity contribution in [2.75, 3.05) is 6.61 Å². The van der Waals surface area contributed by atoms with Crippen molar-refractivity contribution in [1.82, 2.24) is 0 Å². The Morgan fingerprint density at radius 2 is 1.67 bits per heavy atom. The van der Waals surface area contributed by atoms with Gasteiger partial charge in [-0.25, -0.2) is 0 Å². The van der Waals surface area contributed by atoms with Crippen molar-refractivity contribution in [3.05, 3.63) is 0 Å². The monoisotopic (exact) mass is 212 g/mol. The summed E-state index contributed by atoms with van der Waals surface area (Å²) in [6, 6.07) is 0. The van der Waals surface area contributed by atoms with Gasteiger partial charge in [-0.15, -0.1) is 0 Å². The SMILES string of the molecule is CCCCCOC(=O)C1C(C)(C)C1(C)C. The summed E-state index contributed by atoms with van der Waals surface area (Å²) in [5, 5.41) is 0. The lowest BCUT2D eigenvalue weighted by Crippen LogP contribution is -2.12. The molecule has 0 aromatic rings. The van der Waals surface area contributed by atoms with Gasteiger partial charge in [-0.3, -0.25) is 4.79 Å². The zero-order chi connectivity index (χ0) is 11.7. The third-order valence-corrected chi connectivity index (χ3v) is 4.25. The summed E-state index contributed by atoms with van der Waals surface area (Å²) in [6.45, 7) is 11.3. The van der Waals surface area contributed by atoms with Crippen molar-refractivity contribution >= 4 is 5.97 Å². The summed E-state index contributed by atoms with van der Waals surface area (Å²) >= 11 is 0. The first-order chi connectivity index (χ1) is 6.85. The van der Waals surface area contributed by atoms with Gasteiger partial charge in [-0.1, -0.05) is 47.5 Å². The van der Waals surface area contributed by atoms with Crippen LogP contribution in [0.25, 0.3) is 0 Å². The molecule has 0 atom stereocenters. The molecule has 0 N–H and O–H groups in total. The molecule has 0 radical (unpaired) electrons.